The van der Waals surface area contributed by atoms with Gasteiger partial charge in [-0.25, -0.2) is 8.78 Å². The number of hydrogen-bond acceptors (Lipinski definition) is 3. The number of benzene rings is 1. The molecule has 0 radical (unpaired) electrons. The van der Waals surface area contributed by atoms with Crippen LogP contribution in [0.2, 0.25) is 0 Å². The predicted molar refractivity (Wildman–Crippen MR) is 90.5 cm³/mol. The van der Waals surface area contributed by atoms with Gasteiger partial charge in [-0.1, -0.05) is 0 Å². The number of aryl methyl sites for hydroxylation is 1. The SMILES string of the molecule is Cc1cc(/C=N\Nc2ccc(F)cc2F)c(C)n1C[C@H]1CCCO1. The molecule has 3 rings (SSSR count). The number of hydrogen-bond donors (Lipinski definition) is 1. The highest BCUT2D eigenvalue weighted by Crippen LogP contribution is 2.20. The van der Waals surface area contributed by atoms with Crippen molar-refractivity contribution in [3.8, 4) is 0 Å². The Kier molecular flexibility index (Phi) is 4.94. The number of anilines is 1. The molecule has 1 aromatic carbocycles. The van der Waals surface area contributed by atoms with E-state index in [0.717, 1.165) is 49.0 Å². The van der Waals surface area contributed by atoms with Gasteiger partial charge < -0.3 is 9.30 Å². The van der Waals surface area contributed by atoms with Gasteiger partial charge in [0.2, 0.25) is 0 Å². The van der Waals surface area contributed by atoms with Crippen LogP contribution in [-0.2, 0) is 11.3 Å². The third-order valence-electron chi connectivity index (χ3n) is 4.34. The van der Waals surface area contributed by atoms with Gasteiger partial charge in [0.1, 0.15) is 5.82 Å². The van der Waals surface area contributed by atoms with Crippen LogP contribution >= 0.6 is 0 Å². The molecule has 1 aliphatic rings. The van der Waals surface area contributed by atoms with Crippen LogP contribution in [0.15, 0.2) is 29.4 Å². The van der Waals surface area contributed by atoms with Crippen LogP contribution in [0.1, 0.15) is 29.8 Å². The Morgan fingerprint density at radius 1 is 1.33 bits per heavy atom. The summed E-state index contributed by atoms with van der Waals surface area (Å²) in [5, 5.41) is 4.07. The third-order valence-corrected chi connectivity index (χ3v) is 4.34. The molecule has 1 aromatic heterocycles. The topological polar surface area (TPSA) is 38.5 Å². The summed E-state index contributed by atoms with van der Waals surface area (Å²) < 4.78 is 34.4. The summed E-state index contributed by atoms with van der Waals surface area (Å²) in [6.45, 7) is 5.76. The highest BCUT2D eigenvalue weighted by molar-refractivity contribution is 5.82. The van der Waals surface area contributed by atoms with Crippen molar-refractivity contribution in [3.05, 3.63) is 52.9 Å². The Hall–Kier alpha value is -2.21. The standard InChI is InChI=1S/C18H21F2N3O/c1-12-8-14(13(2)23(12)11-16-4-3-7-24-16)10-21-22-18-6-5-15(19)9-17(18)20/h5-6,8-10,16,22H,3-4,7,11H2,1-2H3/b21-10-/t16-/m1/s1. The van der Waals surface area contributed by atoms with E-state index in [0.29, 0.717) is 0 Å². The lowest BCUT2D eigenvalue weighted by Gasteiger charge is -2.14. The second kappa shape index (κ2) is 7.13. The molecule has 6 heteroatoms. The molecule has 0 aliphatic carbocycles. The Morgan fingerprint density at radius 3 is 2.88 bits per heavy atom. The van der Waals surface area contributed by atoms with Crippen LogP contribution in [0.25, 0.3) is 0 Å². The van der Waals surface area contributed by atoms with Crippen LogP contribution in [0.4, 0.5) is 14.5 Å². The van der Waals surface area contributed by atoms with E-state index in [1.54, 1.807) is 6.21 Å². The zero-order valence-electron chi connectivity index (χ0n) is 13.9. The molecule has 1 saturated heterocycles. The highest BCUT2D eigenvalue weighted by Gasteiger charge is 2.18. The van der Waals surface area contributed by atoms with Crippen LogP contribution in [0.3, 0.4) is 0 Å². The first-order chi connectivity index (χ1) is 11.5. The van der Waals surface area contributed by atoms with Gasteiger partial charge >= 0.3 is 0 Å². The van der Waals surface area contributed by atoms with E-state index in [4.69, 9.17) is 4.74 Å². The van der Waals surface area contributed by atoms with Gasteiger partial charge in [-0.2, -0.15) is 5.10 Å². The Balaban J connectivity index is 1.70. The number of rotatable bonds is 5. The average molecular weight is 333 g/mol. The van der Waals surface area contributed by atoms with E-state index >= 15 is 0 Å². The maximum atomic E-state index is 13.6. The van der Waals surface area contributed by atoms with E-state index in [2.05, 4.69) is 15.1 Å². The van der Waals surface area contributed by atoms with Gasteiger partial charge in [0.25, 0.3) is 0 Å². The minimum absolute atomic E-state index is 0.140. The minimum atomic E-state index is -0.670. The molecule has 1 atom stereocenters. The summed E-state index contributed by atoms with van der Waals surface area (Å²) in [7, 11) is 0. The van der Waals surface area contributed by atoms with Crippen LogP contribution < -0.4 is 5.43 Å². The quantitative estimate of drug-likeness (QED) is 0.663. The number of nitrogens with one attached hydrogen (secondary N) is 1. The first-order valence-corrected chi connectivity index (χ1v) is 8.07. The van der Waals surface area contributed by atoms with Crippen LogP contribution in [-0.4, -0.2) is 23.5 Å². The highest BCUT2D eigenvalue weighted by atomic mass is 19.1. The third kappa shape index (κ3) is 3.64. The fourth-order valence-electron chi connectivity index (χ4n) is 2.98. The largest absolute Gasteiger partial charge is 0.376 e. The van der Waals surface area contributed by atoms with Crippen LogP contribution in [0, 0.1) is 25.5 Å². The molecule has 0 unspecified atom stereocenters. The average Bonchev–Trinajstić information content (AvgIpc) is 3.14. The smallest absolute Gasteiger partial charge is 0.151 e. The molecular weight excluding hydrogens is 312 g/mol. The molecule has 0 saturated carbocycles. The molecule has 0 amide bonds. The number of ether oxygens (including phenoxy) is 1. The zero-order chi connectivity index (χ0) is 17.1. The fourth-order valence-corrected chi connectivity index (χ4v) is 2.98. The van der Waals surface area contributed by atoms with Crippen molar-refractivity contribution < 1.29 is 13.5 Å². The molecule has 0 bridgehead atoms. The van der Waals surface area contributed by atoms with Crippen LogP contribution in [0.5, 0.6) is 0 Å². The molecule has 1 fully saturated rings. The van der Waals surface area contributed by atoms with Crippen molar-refractivity contribution in [2.24, 2.45) is 5.10 Å². The lowest BCUT2D eigenvalue weighted by molar-refractivity contribution is 0.0962. The van der Waals surface area contributed by atoms with Gasteiger partial charge in [0.05, 0.1) is 18.0 Å². The summed E-state index contributed by atoms with van der Waals surface area (Å²) in [6, 6.07) is 5.37. The van der Waals surface area contributed by atoms with Crippen molar-refractivity contribution in [3.63, 3.8) is 0 Å². The summed E-state index contributed by atoms with van der Waals surface area (Å²) in [4.78, 5) is 0. The number of hydrazone groups is 1. The van der Waals surface area contributed by atoms with Crippen molar-refractivity contribution in [1.29, 1.82) is 0 Å². The van der Waals surface area contributed by atoms with Gasteiger partial charge in [-0.3, -0.25) is 5.43 Å². The van der Waals surface area contributed by atoms with E-state index in [9.17, 15) is 8.78 Å². The molecule has 2 aromatic rings. The van der Waals surface area contributed by atoms with Gasteiger partial charge in [-0.15, -0.1) is 0 Å². The summed E-state index contributed by atoms with van der Waals surface area (Å²) >= 11 is 0. The van der Waals surface area contributed by atoms with E-state index in [-0.39, 0.29) is 11.8 Å². The maximum absolute atomic E-state index is 13.6. The molecule has 0 spiro atoms. The summed E-state index contributed by atoms with van der Waals surface area (Å²) in [5.41, 5.74) is 5.94. The van der Waals surface area contributed by atoms with Gasteiger partial charge in [-0.05, 0) is 44.9 Å². The first kappa shape index (κ1) is 16.6. The van der Waals surface area contributed by atoms with E-state index in [1.165, 1.54) is 12.1 Å². The lowest BCUT2D eigenvalue weighted by atomic mass is 10.2. The van der Waals surface area contributed by atoms with Gasteiger partial charge in [0, 0.05) is 36.2 Å². The summed E-state index contributed by atoms with van der Waals surface area (Å²) in [6.07, 6.45) is 4.13. The monoisotopic (exact) mass is 333 g/mol. The number of halogens is 2. The Labute approximate surface area is 140 Å². The predicted octanol–water partition coefficient (Wildman–Crippen LogP) is 4.01. The van der Waals surface area contributed by atoms with Crippen molar-refractivity contribution in [2.45, 2.75) is 39.3 Å². The van der Waals surface area contributed by atoms with Crippen molar-refractivity contribution >= 4 is 11.9 Å². The van der Waals surface area contributed by atoms with E-state index < -0.39 is 11.6 Å². The zero-order valence-corrected chi connectivity index (χ0v) is 13.9. The number of aromatic nitrogens is 1. The molecule has 1 aliphatic heterocycles. The number of nitrogens with zero attached hydrogens (tertiary/aromatic N) is 2. The molecule has 24 heavy (non-hydrogen) atoms. The van der Waals surface area contributed by atoms with Gasteiger partial charge in [0.15, 0.2) is 5.82 Å². The maximum Gasteiger partial charge on any atom is 0.151 e. The minimum Gasteiger partial charge on any atom is -0.376 e. The first-order valence-electron chi connectivity index (χ1n) is 8.07. The molecule has 128 valence electrons. The molecule has 1 N–H and O–H groups in total. The molecular formula is C18H21F2N3O. The summed E-state index contributed by atoms with van der Waals surface area (Å²) in [5.74, 6) is -1.28. The fraction of sp³-hybridized carbons (Fsp3) is 0.389. The normalized spacial score (nSPS) is 17.8. The van der Waals surface area contributed by atoms with E-state index in [1.807, 2.05) is 19.9 Å². The second-order valence-electron chi connectivity index (χ2n) is 6.07. The Bertz CT molecular complexity index is 749. The Morgan fingerprint density at radius 2 is 2.17 bits per heavy atom. The van der Waals surface area contributed by atoms with Crippen molar-refractivity contribution in [1.82, 2.24) is 4.57 Å². The lowest BCUT2D eigenvalue weighted by Crippen LogP contribution is -2.16. The second-order valence-corrected chi connectivity index (χ2v) is 6.07. The molecule has 2 heterocycles. The molecule has 4 nitrogen and oxygen atoms in total. The van der Waals surface area contributed by atoms with Crippen molar-refractivity contribution in [2.75, 3.05) is 12.0 Å².